The fourth-order valence-corrected chi connectivity index (χ4v) is 1.96. The number of nitrogens with one attached hydrogen (secondary N) is 1. The third kappa shape index (κ3) is 2.74. The normalized spacial score (nSPS) is 14.4. The van der Waals surface area contributed by atoms with E-state index in [-0.39, 0.29) is 18.6 Å². The van der Waals surface area contributed by atoms with Gasteiger partial charge in [-0.2, -0.15) is 0 Å². The number of halogens is 1. The van der Waals surface area contributed by atoms with Crippen LogP contribution in [-0.4, -0.2) is 22.7 Å². The largest absolute Gasteiger partial charge is 0.396 e. The van der Waals surface area contributed by atoms with Gasteiger partial charge in [0.25, 0.3) is 0 Å². The predicted octanol–water partition coefficient (Wildman–Crippen LogP) is 3.32. The van der Waals surface area contributed by atoms with E-state index in [1.54, 1.807) is 6.20 Å². The van der Waals surface area contributed by atoms with E-state index in [2.05, 4.69) is 17.2 Å². The molecule has 2 aromatic rings. The molecule has 0 aliphatic rings. The van der Waals surface area contributed by atoms with Gasteiger partial charge in [0.2, 0.25) is 0 Å². The maximum absolute atomic E-state index is 9.16. The minimum Gasteiger partial charge on any atom is -0.396 e. The van der Waals surface area contributed by atoms with Crippen molar-refractivity contribution in [3.63, 3.8) is 0 Å². The molecule has 4 heteroatoms. The molecule has 1 aromatic carbocycles. The first-order valence-corrected chi connectivity index (χ1v) is 6.41. The molecule has 0 amide bonds. The second kappa shape index (κ2) is 5.55. The zero-order chi connectivity index (χ0) is 13.1. The van der Waals surface area contributed by atoms with E-state index >= 15 is 0 Å². The highest BCUT2D eigenvalue weighted by Crippen LogP contribution is 2.25. The molecule has 96 valence electrons. The van der Waals surface area contributed by atoms with Gasteiger partial charge in [-0.25, -0.2) is 0 Å². The summed E-state index contributed by atoms with van der Waals surface area (Å²) in [5.41, 5.74) is 1.89. The number of aliphatic hydroxyl groups excluding tert-OH is 1. The van der Waals surface area contributed by atoms with Crippen molar-refractivity contribution in [3.05, 3.63) is 35.5 Å². The van der Waals surface area contributed by atoms with Gasteiger partial charge in [-0.15, -0.1) is 0 Å². The van der Waals surface area contributed by atoms with Gasteiger partial charge in [-0.3, -0.25) is 4.98 Å². The van der Waals surface area contributed by atoms with Gasteiger partial charge >= 0.3 is 0 Å². The van der Waals surface area contributed by atoms with Crippen LogP contribution in [0.1, 0.15) is 13.8 Å². The summed E-state index contributed by atoms with van der Waals surface area (Å²) < 4.78 is 0. The highest BCUT2D eigenvalue weighted by atomic mass is 35.5. The summed E-state index contributed by atoms with van der Waals surface area (Å²) in [5.74, 6) is 0.195. The van der Waals surface area contributed by atoms with E-state index in [0.717, 1.165) is 16.6 Å². The smallest absolute Gasteiger partial charge is 0.0737 e. The highest BCUT2D eigenvalue weighted by molar-refractivity contribution is 6.31. The Morgan fingerprint density at radius 3 is 2.83 bits per heavy atom. The van der Waals surface area contributed by atoms with Crippen molar-refractivity contribution in [3.8, 4) is 0 Å². The Bertz CT molecular complexity index is 544. The lowest BCUT2D eigenvalue weighted by atomic mass is 10.0. The number of anilines is 1. The molecule has 2 unspecified atom stereocenters. The third-order valence-corrected chi connectivity index (χ3v) is 3.46. The minimum absolute atomic E-state index is 0.170. The maximum Gasteiger partial charge on any atom is 0.0737 e. The number of aromatic nitrogens is 1. The molecule has 0 aliphatic heterocycles. The molecule has 0 saturated heterocycles. The summed E-state index contributed by atoms with van der Waals surface area (Å²) in [4.78, 5) is 4.30. The Balaban J connectivity index is 2.33. The van der Waals surface area contributed by atoms with Gasteiger partial charge in [0, 0.05) is 34.9 Å². The van der Waals surface area contributed by atoms with E-state index in [1.807, 2.05) is 31.2 Å². The number of fused-ring (bicyclic) bond motifs is 1. The molecule has 0 fully saturated rings. The quantitative estimate of drug-likeness (QED) is 0.891. The zero-order valence-corrected chi connectivity index (χ0v) is 11.3. The molecule has 0 spiro atoms. The molecule has 0 aliphatic carbocycles. The Hall–Kier alpha value is -1.32. The van der Waals surface area contributed by atoms with Crippen molar-refractivity contribution >= 4 is 28.2 Å². The van der Waals surface area contributed by atoms with Crippen LogP contribution in [0.25, 0.3) is 10.9 Å². The van der Waals surface area contributed by atoms with Gasteiger partial charge in [0.05, 0.1) is 5.52 Å². The lowest BCUT2D eigenvalue weighted by Crippen LogP contribution is -2.26. The molecule has 3 nitrogen and oxygen atoms in total. The molecular weight excluding hydrogens is 248 g/mol. The SMILES string of the molecule is CC(CO)C(C)Nc1ccnc2cc(Cl)ccc12. The Labute approximate surface area is 112 Å². The van der Waals surface area contributed by atoms with E-state index in [1.165, 1.54) is 0 Å². The predicted molar refractivity (Wildman–Crippen MR) is 76.1 cm³/mol. The average molecular weight is 265 g/mol. The summed E-state index contributed by atoms with van der Waals surface area (Å²) in [7, 11) is 0. The molecular formula is C14H17ClN2O. The second-order valence-electron chi connectivity index (χ2n) is 4.61. The number of hydrogen-bond donors (Lipinski definition) is 2. The van der Waals surface area contributed by atoms with Crippen LogP contribution < -0.4 is 5.32 Å². The molecule has 0 saturated carbocycles. The van der Waals surface area contributed by atoms with Crippen LogP contribution in [0, 0.1) is 5.92 Å². The molecule has 2 N–H and O–H groups in total. The van der Waals surface area contributed by atoms with Crippen molar-refractivity contribution in [2.45, 2.75) is 19.9 Å². The number of hydrogen-bond acceptors (Lipinski definition) is 3. The fourth-order valence-electron chi connectivity index (χ4n) is 1.79. The number of nitrogens with zero attached hydrogens (tertiary/aromatic N) is 1. The Kier molecular flexibility index (Phi) is 4.04. The van der Waals surface area contributed by atoms with E-state index in [9.17, 15) is 0 Å². The number of rotatable bonds is 4. The van der Waals surface area contributed by atoms with Crippen molar-refractivity contribution in [1.29, 1.82) is 0 Å². The standard InChI is InChI=1S/C14H17ClN2O/c1-9(8-18)10(2)17-13-5-6-16-14-7-11(15)3-4-12(13)14/h3-7,9-10,18H,8H2,1-2H3,(H,16,17). The summed E-state index contributed by atoms with van der Waals surface area (Å²) in [6.45, 7) is 4.24. The summed E-state index contributed by atoms with van der Waals surface area (Å²) in [6.07, 6.45) is 1.76. The van der Waals surface area contributed by atoms with Crippen molar-refractivity contribution in [1.82, 2.24) is 4.98 Å². The number of aliphatic hydroxyl groups is 1. The van der Waals surface area contributed by atoms with Crippen LogP contribution in [0.4, 0.5) is 5.69 Å². The average Bonchev–Trinajstić information content (AvgIpc) is 2.37. The van der Waals surface area contributed by atoms with E-state index in [4.69, 9.17) is 16.7 Å². The number of benzene rings is 1. The Morgan fingerprint density at radius 1 is 1.33 bits per heavy atom. The van der Waals surface area contributed by atoms with Crippen LogP contribution in [-0.2, 0) is 0 Å². The lowest BCUT2D eigenvalue weighted by molar-refractivity contribution is 0.226. The van der Waals surface area contributed by atoms with E-state index < -0.39 is 0 Å². The molecule has 1 heterocycles. The van der Waals surface area contributed by atoms with Gasteiger partial charge in [-0.05, 0) is 37.1 Å². The summed E-state index contributed by atoms with van der Waals surface area (Å²) in [5, 5.41) is 14.3. The van der Waals surface area contributed by atoms with Gasteiger partial charge < -0.3 is 10.4 Å². The van der Waals surface area contributed by atoms with Crippen molar-refractivity contribution in [2.75, 3.05) is 11.9 Å². The van der Waals surface area contributed by atoms with Crippen LogP contribution in [0.15, 0.2) is 30.5 Å². The Morgan fingerprint density at radius 2 is 2.11 bits per heavy atom. The fraction of sp³-hybridized carbons (Fsp3) is 0.357. The molecule has 1 aromatic heterocycles. The molecule has 2 atom stereocenters. The topological polar surface area (TPSA) is 45.1 Å². The van der Waals surface area contributed by atoms with Crippen LogP contribution >= 0.6 is 11.6 Å². The molecule has 18 heavy (non-hydrogen) atoms. The van der Waals surface area contributed by atoms with Crippen LogP contribution in [0.2, 0.25) is 5.02 Å². The maximum atomic E-state index is 9.16. The second-order valence-corrected chi connectivity index (χ2v) is 5.05. The zero-order valence-electron chi connectivity index (χ0n) is 10.5. The van der Waals surface area contributed by atoms with Gasteiger partial charge in [0.1, 0.15) is 0 Å². The monoisotopic (exact) mass is 264 g/mol. The van der Waals surface area contributed by atoms with Gasteiger partial charge in [0.15, 0.2) is 0 Å². The lowest BCUT2D eigenvalue weighted by Gasteiger charge is -2.21. The van der Waals surface area contributed by atoms with E-state index in [0.29, 0.717) is 5.02 Å². The first kappa shape index (κ1) is 13.1. The third-order valence-electron chi connectivity index (χ3n) is 3.23. The van der Waals surface area contributed by atoms with Crippen LogP contribution in [0.5, 0.6) is 0 Å². The first-order chi connectivity index (χ1) is 8.61. The molecule has 0 radical (unpaired) electrons. The molecule has 2 rings (SSSR count). The number of pyridine rings is 1. The highest BCUT2D eigenvalue weighted by Gasteiger charge is 2.12. The van der Waals surface area contributed by atoms with Gasteiger partial charge in [-0.1, -0.05) is 18.5 Å². The summed E-state index contributed by atoms with van der Waals surface area (Å²) in [6, 6.07) is 7.80. The summed E-state index contributed by atoms with van der Waals surface area (Å²) >= 11 is 5.96. The first-order valence-electron chi connectivity index (χ1n) is 6.03. The van der Waals surface area contributed by atoms with Crippen molar-refractivity contribution in [2.24, 2.45) is 5.92 Å². The minimum atomic E-state index is 0.170. The van der Waals surface area contributed by atoms with Crippen LogP contribution in [0.3, 0.4) is 0 Å². The van der Waals surface area contributed by atoms with Crippen molar-refractivity contribution < 1.29 is 5.11 Å². The molecule has 0 bridgehead atoms.